The molecule has 0 radical (unpaired) electrons. The molecule has 1 atom stereocenters. The first-order chi connectivity index (χ1) is 11.9. The van der Waals surface area contributed by atoms with E-state index in [1.54, 1.807) is 6.07 Å². The largest absolute Gasteiger partial charge is 0.490 e. The summed E-state index contributed by atoms with van der Waals surface area (Å²) in [5, 5.41) is 5.75. The van der Waals surface area contributed by atoms with Gasteiger partial charge in [0.2, 0.25) is 15.9 Å². The Kier molecular flexibility index (Phi) is 7.03. The summed E-state index contributed by atoms with van der Waals surface area (Å²) in [7, 11) is -3.85. The highest BCUT2D eigenvalue weighted by atomic mass is 32.2. The number of carbonyl (C=O) groups is 1. The minimum absolute atomic E-state index is 0.0315. The number of nitrogens with one attached hydrogen (secondary N) is 3. The number of carbonyl (C=O) groups excluding carboxylic acids is 1. The lowest BCUT2D eigenvalue weighted by molar-refractivity contribution is -0.122. The Bertz CT molecular complexity index is 693. The van der Waals surface area contributed by atoms with Crippen LogP contribution in [0.1, 0.15) is 20.3 Å². The van der Waals surface area contributed by atoms with Crippen molar-refractivity contribution in [3.63, 3.8) is 0 Å². The maximum atomic E-state index is 12.5. The molecule has 0 aliphatic carbocycles. The van der Waals surface area contributed by atoms with E-state index in [0.717, 1.165) is 13.0 Å². The number of sulfonamides is 1. The molecule has 1 amide bonds. The van der Waals surface area contributed by atoms with Crippen molar-refractivity contribution in [3.8, 4) is 11.5 Å². The van der Waals surface area contributed by atoms with Gasteiger partial charge in [0.05, 0.1) is 24.2 Å². The van der Waals surface area contributed by atoms with Crippen LogP contribution in [-0.2, 0) is 14.8 Å². The molecular formula is C16H25N3O5S. The topological polar surface area (TPSA) is 106 Å². The molecule has 140 valence electrons. The minimum Gasteiger partial charge on any atom is -0.490 e. The fourth-order valence-electron chi connectivity index (χ4n) is 2.27. The van der Waals surface area contributed by atoms with E-state index in [1.165, 1.54) is 19.1 Å². The van der Waals surface area contributed by atoms with E-state index in [9.17, 15) is 13.2 Å². The Labute approximate surface area is 148 Å². The molecule has 3 N–H and O–H groups in total. The molecule has 25 heavy (non-hydrogen) atoms. The van der Waals surface area contributed by atoms with Crippen LogP contribution in [0.3, 0.4) is 0 Å². The van der Waals surface area contributed by atoms with Crippen LogP contribution in [0.2, 0.25) is 0 Å². The van der Waals surface area contributed by atoms with Crippen LogP contribution in [0.4, 0.5) is 0 Å². The van der Waals surface area contributed by atoms with Crippen LogP contribution in [0.15, 0.2) is 23.1 Å². The highest BCUT2D eigenvalue weighted by Crippen LogP contribution is 2.31. The number of benzene rings is 1. The Morgan fingerprint density at radius 3 is 2.64 bits per heavy atom. The molecule has 1 unspecified atom stereocenters. The van der Waals surface area contributed by atoms with Gasteiger partial charge in [0.25, 0.3) is 0 Å². The van der Waals surface area contributed by atoms with Crippen molar-refractivity contribution < 1.29 is 22.7 Å². The number of rotatable bonds is 8. The second-order valence-corrected chi connectivity index (χ2v) is 7.36. The molecule has 0 bridgehead atoms. The Hall–Kier alpha value is -1.84. The van der Waals surface area contributed by atoms with E-state index < -0.39 is 16.1 Å². The van der Waals surface area contributed by atoms with Crippen LogP contribution in [0.25, 0.3) is 0 Å². The zero-order valence-electron chi connectivity index (χ0n) is 14.5. The maximum absolute atomic E-state index is 12.5. The third-order valence-corrected chi connectivity index (χ3v) is 5.14. The standard InChI is InChI=1S/C16H25N3O5S/c1-3-17-7-8-18-16(20)12(2)19-25(21,22)13-5-6-14-15(11-13)24-10-4-9-23-14/h5-6,11-12,17,19H,3-4,7-10H2,1-2H3,(H,18,20). The van der Waals surface area contributed by atoms with Crippen molar-refractivity contribution in [2.24, 2.45) is 0 Å². The summed E-state index contributed by atoms with van der Waals surface area (Å²) in [5.74, 6) is 0.532. The van der Waals surface area contributed by atoms with Crippen LogP contribution in [0, 0.1) is 0 Å². The quantitative estimate of drug-likeness (QED) is 0.566. The molecule has 1 heterocycles. The van der Waals surface area contributed by atoms with E-state index in [-0.39, 0.29) is 10.8 Å². The van der Waals surface area contributed by atoms with E-state index >= 15 is 0 Å². The molecule has 1 aliphatic heterocycles. The summed E-state index contributed by atoms with van der Waals surface area (Å²) < 4.78 is 38.4. The average Bonchev–Trinajstić information content (AvgIpc) is 2.82. The Morgan fingerprint density at radius 2 is 1.92 bits per heavy atom. The van der Waals surface area contributed by atoms with Gasteiger partial charge in [-0.05, 0) is 25.6 Å². The molecule has 8 nitrogen and oxygen atoms in total. The molecule has 0 spiro atoms. The molecule has 1 aromatic carbocycles. The summed E-state index contributed by atoms with van der Waals surface area (Å²) in [6.07, 6.45) is 0.735. The van der Waals surface area contributed by atoms with Crippen molar-refractivity contribution >= 4 is 15.9 Å². The van der Waals surface area contributed by atoms with E-state index in [0.29, 0.717) is 37.8 Å². The van der Waals surface area contributed by atoms with Gasteiger partial charge >= 0.3 is 0 Å². The van der Waals surface area contributed by atoms with Gasteiger partial charge in [0, 0.05) is 25.6 Å². The lowest BCUT2D eigenvalue weighted by atomic mass is 10.3. The molecule has 2 rings (SSSR count). The zero-order valence-corrected chi connectivity index (χ0v) is 15.3. The second kappa shape index (κ2) is 9.02. The second-order valence-electron chi connectivity index (χ2n) is 5.65. The molecule has 0 saturated carbocycles. The van der Waals surface area contributed by atoms with Gasteiger partial charge in [-0.1, -0.05) is 6.92 Å². The third kappa shape index (κ3) is 5.58. The summed E-state index contributed by atoms with van der Waals surface area (Å²) >= 11 is 0. The summed E-state index contributed by atoms with van der Waals surface area (Å²) in [4.78, 5) is 12.0. The van der Waals surface area contributed by atoms with Gasteiger partial charge in [-0.3, -0.25) is 4.79 Å². The summed E-state index contributed by atoms with van der Waals surface area (Å²) in [5.41, 5.74) is 0. The molecular weight excluding hydrogens is 346 g/mol. The van der Waals surface area contributed by atoms with Gasteiger partial charge in [0.1, 0.15) is 0 Å². The summed E-state index contributed by atoms with van der Waals surface area (Å²) in [6, 6.07) is 3.53. The maximum Gasteiger partial charge on any atom is 0.241 e. The van der Waals surface area contributed by atoms with Crippen molar-refractivity contribution in [2.45, 2.75) is 31.2 Å². The molecule has 1 aromatic rings. The molecule has 0 saturated heterocycles. The van der Waals surface area contributed by atoms with Gasteiger partial charge in [0.15, 0.2) is 11.5 Å². The number of hydrogen-bond donors (Lipinski definition) is 3. The van der Waals surface area contributed by atoms with E-state index in [4.69, 9.17) is 9.47 Å². The first-order valence-electron chi connectivity index (χ1n) is 8.34. The third-order valence-electron chi connectivity index (χ3n) is 3.61. The van der Waals surface area contributed by atoms with Crippen molar-refractivity contribution in [1.82, 2.24) is 15.4 Å². The minimum atomic E-state index is -3.85. The van der Waals surface area contributed by atoms with Crippen molar-refractivity contribution in [1.29, 1.82) is 0 Å². The average molecular weight is 371 g/mol. The lowest BCUT2D eigenvalue weighted by Crippen LogP contribution is -2.46. The van der Waals surface area contributed by atoms with Crippen LogP contribution >= 0.6 is 0 Å². The first-order valence-corrected chi connectivity index (χ1v) is 9.82. The van der Waals surface area contributed by atoms with E-state index in [1.807, 2.05) is 6.92 Å². The fraction of sp³-hybridized carbons (Fsp3) is 0.562. The number of ether oxygens (including phenoxy) is 2. The van der Waals surface area contributed by atoms with Gasteiger partial charge in [-0.15, -0.1) is 0 Å². The Morgan fingerprint density at radius 1 is 1.20 bits per heavy atom. The number of hydrogen-bond acceptors (Lipinski definition) is 6. The molecule has 9 heteroatoms. The van der Waals surface area contributed by atoms with Crippen LogP contribution in [0.5, 0.6) is 11.5 Å². The zero-order chi connectivity index (χ0) is 18.3. The molecule has 0 aromatic heterocycles. The number of amides is 1. The number of fused-ring (bicyclic) bond motifs is 1. The fourth-order valence-corrected chi connectivity index (χ4v) is 3.49. The lowest BCUT2D eigenvalue weighted by Gasteiger charge is -2.15. The predicted octanol–water partition coefficient (Wildman–Crippen LogP) is 0.240. The predicted molar refractivity (Wildman–Crippen MR) is 93.4 cm³/mol. The molecule has 0 fully saturated rings. The monoisotopic (exact) mass is 371 g/mol. The molecule has 1 aliphatic rings. The highest BCUT2D eigenvalue weighted by molar-refractivity contribution is 7.89. The van der Waals surface area contributed by atoms with Crippen molar-refractivity contribution in [2.75, 3.05) is 32.8 Å². The van der Waals surface area contributed by atoms with Crippen LogP contribution in [-0.4, -0.2) is 53.2 Å². The van der Waals surface area contributed by atoms with Gasteiger partial charge < -0.3 is 20.1 Å². The first kappa shape index (κ1) is 19.5. The van der Waals surface area contributed by atoms with E-state index in [2.05, 4.69) is 15.4 Å². The SMILES string of the molecule is CCNCCNC(=O)C(C)NS(=O)(=O)c1ccc2c(c1)OCCCO2. The van der Waals surface area contributed by atoms with Gasteiger partial charge in [-0.2, -0.15) is 4.72 Å². The Balaban J connectivity index is 2.01. The summed E-state index contributed by atoms with van der Waals surface area (Å²) in [6.45, 7) is 6.34. The van der Waals surface area contributed by atoms with Crippen LogP contribution < -0.4 is 24.8 Å². The smallest absolute Gasteiger partial charge is 0.241 e. The number of likely N-dealkylation sites (N-methyl/N-ethyl adjacent to an activating group) is 1. The highest BCUT2D eigenvalue weighted by Gasteiger charge is 2.23. The van der Waals surface area contributed by atoms with Gasteiger partial charge in [-0.25, -0.2) is 8.42 Å². The van der Waals surface area contributed by atoms with Crippen molar-refractivity contribution in [3.05, 3.63) is 18.2 Å². The normalized spacial score (nSPS) is 15.3.